The molecule has 18 heavy (non-hydrogen) atoms. The van der Waals surface area contributed by atoms with E-state index in [1.165, 1.54) is 6.07 Å². The summed E-state index contributed by atoms with van der Waals surface area (Å²) in [5, 5.41) is 0. The molecule has 0 aliphatic rings. The Hall–Kier alpha value is -0.750. The molecule has 3 nitrogen and oxygen atoms in total. The summed E-state index contributed by atoms with van der Waals surface area (Å²) in [6, 6.07) is 1.25. The van der Waals surface area contributed by atoms with Crippen LogP contribution in [0, 0.1) is 0 Å². The Labute approximate surface area is 117 Å². The zero-order valence-corrected chi connectivity index (χ0v) is 11.9. The molecular weight excluding hydrogens is 331 g/mol. The van der Waals surface area contributed by atoms with Crippen molar-refractivity contribution in [2.24, 2.45) is 0 Å². The molecule has 0 spiro atoms. The second-order valence-corrected chi connectivity index (χ2v) is 4.41. The fourth-order valence-electron chi connectivity index (χ4n) is 1.36. The molecule has 0 radical (unpaired) electrons. The number of nitrogens with zero attached hydrogens (tertiary/aromatic N) is 1. The molecule has 0 bridgehead atoms. The van der Waals surface area contributed by atoms with Crippen LogP contribution >= 0.6 is 27.5 Å². The lowest BCUT2D eigenvalue weighted by Crippen LogP contribution is -2.11. The van der Waals surface area contributed by atoms with Crippen molar-refractivity contribution in [3.63, 3.8) is 0 Å². The number of alkyl halides is 3. The first-order valence-electron chi connectivity index (χ1n) is 5.17. The molecule has 1 rings (SSSR count). The predicted molar refractivity (Wildman–Crippen MR) is 66.8 cm³/mol. The maximum atomic E-state index is 12.7. The normalized spacial score (nSPS) is 10.8. The van der Waals surface area contributed by atoms with Crippen LogP contribution in [0.25, 0.3) is 0 Å². The monoisotopic (exact) mass is 341 g/mol. The zero-order chi connectivity index (χ0) is 13.7. The van der Waals surface area contributed by atoms with Gasteiger partial charge in [0.25, 0.3) is 6.43 Å². The summed E-state index contributed by atoms with van der Waals surface area (Å²) >= 11 is 8.62. The average Bonchev–Trinajstić information content (AvgIpc) is 2.29. The Balaban J connectivity index is 3.05. The van der Waals surface area contributed by atoms with Crippen LogP contribution in [0.2, 0.25) is 0 Å². The van der Waals surface area contributed by atoms with E-state index in [1.54, 1.807) is 6.92 Å². The van der Waals surface area contributed by atoms with Gasteiger partial charge in [-0.05, 0) is 34.5 Å². The summed E-state index contributed by atoms with van der Waals surface area (Å²) in [4.78, 5) is 15.3. The van der Waals surface area contributed by atoms with Crippen molar-refractivity contribution in [2.45, 2.75) is 25.7 Å². The molecular formula is C11H11BrClF2NO2. The summed E-state index contributed by atoms with van der Waals surface area (Å²) < 4.78 is 30.1. The van der Waals surface area contributed by atoms with Crippen molar-refractivity contribution in [1.29, 1.82) is 0 Å². The molecule has 0 fully saturated rings. The summed E-state index contributed by atoms with van der Waals surface area (Å²) in [5.41, 5.74) is 0.515. The number of esters is 1. The number of aromatic nitrogens is 1. The quantitative estimate of drug-likeness (QED) is 0.466. The lowest BCUT2D eigenvalue weighted by atomic mass is 10.1. The molecule has 0 N–H and O–H groups in total. The third-order valence-corrected chi connectivity index (χ3v) is 3.09. The molecule has 1 heterocycles. The molecule has 0 saturated carbocycles. The van der Waals surface area contributed by atoms with Crippen molar-refractivity contribution in [2.75, 3.05) is 6.61 Å². The maximum Gasteiger partial charge on any atom is 0.311 e. The summed E-state index contributed by atoms with van der Waals surface area (Å²) in [7, 11) is 0. The average molecular weight is 343 g/mol. The van der Waals surface area contributed by atoms with Crippen molar-refractivity contribution in [3.05, 3.63) is 27.5 Å². The summed E-state index contributed by atoms with van der Waals surface area (Å²) in [6.07, 6.45) is -2.73. The fraction of sp³-hybridized carbons (Fsp3) is 0.455. The van der Waals surface area contributed by atoms with Crippen LogP contribution in [-0.2, 0) is 21.8 Å². The number of hydrogen-bond donors (Lipinski definition) is 0. The Morgan fingerprint density at radius 1 is 1.61 bits per heavy atom. The van der Waals surface area contributed by atoms with Crippen molar-refractivity contribution < 1.29 is 18.3 Å². The second kappa shape index (κ2) is 6.99. The standard InChI is InChI=1S/C11H11BrClF2NO2/c1-2-18-9(17)4-8-6(5-13)3-7(11(14)15)10(12)16-8/h3,11H,2,4-5H2,1H3. The first-order valence-corrected chi connectivity index (χ1v) is 6.50. The highest BCUT2D eigenvalue weighted by atomic mass is 79.9. The third kappa shape index (κ3) is 3.88. The van der Waals surface area contributed by atoms with E-state index in [0.717, 1.165) is 0 Å². The minimum atomic E-state index is -2.65. The summed E-state index contributed by atoms with van der Waals surface area (Å²) in [6.45, 7) is 1.94. The van der Waals surface area contributed by atoms with Crippen molar-refractivity contribution in [1.82, 2.24) is 4.98 Å². The Bertz CT molecular complexity index is 443. The first-order chi connectivity index (χ1) is 8.49. The van der Waals surface area contributed by atoms with Gasteiger partial charge in [0.15, 0.2) is 0 Å². The van der Waals surface area contributed by atoms with E-state index >= 15 is 0 Å². The van der Waals surface area contributed by atoms with Gasteiger partial charge < -0.3 is 4.74 Å². The molecule has 0 saturated heterocycles. The first kappa shape index (κ1) is 15.3. The Morgan fingerprint density at radius 2 is 2.28 bits per heavy atom. The fourth-order valence-corrected chi connectivity index (χ4v) is 2.09. The van der Waals surface area contributed by atoms with Crippen LogP contribution in [0.1, 0.15) is 30.2 Å². The molecule has 0 atom stereocenters. The van der Waals surface area contributed by atoms with Crippen LogP contribution in [0.5, 0.6) is 0 Å². The minimum Gasteiger partial charge on any atom is -0.466 e. The number of halogens is 4. The second-order valence-electron chi connectivity index (χ2n) is 3.39. The maximum absolute atomic E-state index is 12.7. The zero-order valence-electron chi connectivity index (χ0n) is 9.55. The lowest BCUT2D eigenvalue weighted by molar-refractivity contribution is -0.142. The van der Waals surface area contributed by atoms with Gasteiger partial charge in [0, 0.05) is 5.88 Å². The van der Waals surface area contributed by atoms with E-state index in [1.807, 2.05) is 0 Å². The highest BCUT2D eigenvalue weighted by Crippen LogP contribution is 2.28. The van der Waals surface area contributed by atoms with Crippen LogP contribution in [0.15, 0.2) is 10.7 Å². The topological polar surface area (TPSA) is 39.2 Å². The number of pyridine rings is 1. The van der Waals surface area contributed by atoms with Gasteiger partial charge in [-0.25, -0.2) is 13.8 Å². The van der Waals surface area contributed by atoms with E-state index in [4.69, 9.17) is 16.3 Å². The SMILES string of the molecule is CCOC(=O)Cc1nc(Br)c(C(F)F)cc1CCl. The summed E-state index contributed by atoms with van der Waals surface area (Å²) in [5.74, 6) is -0.456. The van der Waals surface area contributed by atoms with Gasteiger partial charge in [-0.3, -0.25) is 4.79 Å². The van der Waals surface area contributed by atoms with Crippen LogP contribution in [-0.4, -0.2) is 17.6 Å². The van der Waals surface area contributed by atoms with E-state index in [9.17, 15) is 13.6 Å². The molecule has 1 aromatic rings. The predicted octanol–water partition coefficient (Wildman–Crippen LogP) is 3.63. The van der Waals surface area contributed by atoms with Gasteiger partial charge in [0.05, 0.1) is 24.3 Å². The third-order valence-electron chi connectivity index (χ3n) is 2.17. The Kier molecular flexibility index (Phi) is 5.95. The van der Waals surface area contributed by atoms with Gasteiger partial charge in [-0.1, -0.05) is 0 Å². The number of ether oxygens (including phenoxy) is 1. The Morgan fingerprint density at radius 3 is 2.78 bits per heavy atom. The van der Waals surface area contributed by atoms with Crippen molar-refractivity contribution in [3.8, 4) is 0 Å². The van der Waals surface area contributed by atoms with Gasteiger partial charge in [0.2, 0.25) is 0 Å². The van der Waals surface area contributed by atoms with Gasteiger partial charge in [0.1, 0.15) is 4.60 Å². The van der Waals surface area contributed by atoms with E-state index in [0.29, 0.717) is 11.3 Å². The van der Waals surface area contributed by atoms with Crippen LogP contribution < -0.4 is 0 Å². The number of rotatable bonds is 5. The number of hydrogen-bond acceptors (Lipinski definition) is 3. The van der Waals surface area contributed by atoms with Crippen LogP contribution in [0.4, 0.5) is 8.78 Å². The highest BCUT2D eigenvalue weighted by Gasteiger charge is 2.18. The molecule has 7 heteroatoms. The number of carbonyl (C=O) groups excluding carboxylic acids is 1. The molecule has 0 aliphatic carbocycles. The van der Waals surface area contributed by atoms with E-state index in [-0.39, 0.29) is 29.1 Å². The van der Waals surface area contributed by atoms with Crippen molar-refractivity contribution >= 4 is 33.5 Å². The molecule has 0 aliphatic heterocycles. The minimum absolute atomic E-state index is 0.00867. The molecule has 0 aromatic carbocycles. The van der Waals surface area contributed by atoms with E-state index < -0.39 is 12.4 Å². The van der Waals surface area contributed by atoms with Gasteiger partial charge in [-0.15, -0.1) is 11.6 Å². The lowest BCUT2D eigenvalue weighted by Gasteiger charge is -2.10. The molecule has 100 valence electrons. The molecule has 1 aromatic heterocycles. The van der Waals surface area contributed by atoms with Gasteiger partial charge >= 0.3 is 5.97 Å². The van der Waals surface area contributed by atoms with Gasteiger partial charge in [-0.2, -0.15) is 0 Å². The van der Waals surface area contributed by atoms with E-state index in [2.05, 4.69) is 20.9 Å². The largest absolute Gasteiger partial charge is 0.466 e. The number of carbonyl (C=O) groups is 1. The molecule has 0 amide bonds. The smallest absolute Gasteiger partial charge is 0.311 e. The highest BCUT2D eigenvalue weighted by molar-refractivity contribution is 9.10. The molecule has 0 unspecified atom stereocenters. The van der Waals surface area contributed by atoms with Crippen LogP contribution in [0.3, 0.4) is 0 Å².